The van der Waals surface area contributed by atoms with Gasteiger partial charge in [-0.3, -0.25) is 9.59 Å². The number of nitrogens with zero attached hydrogens (tertiary/aromatic N) is 2. The minimum atomic E-state index is -3.88. The number of benzene rings is 1. The first kappa shape index (κ1) is 22.4. The zero-order valence-corrected chi connectivity index (χ0v) is 18.6. The minimum Gasteiger partial charge on any atom is -0.378 e. The lowest BCUT2D eigenvalue weighted by molar-refractivity contribution is -0.116. The number of likely N-dealkylation sites (N-methyl/N-ethyl adjacent to an activating group) is 1. The quantitative estimate of drug-likeness (QED) is 0.695. The van der Waals surface area contributed by atoms with Gasteiger partial charge in [0.1, 0.15) is 4.21 Å². The normalized spacial score (nSPS) is 14.7. The van der Waals surface area contributed by atoms with Crippen molar-refractivity contribution in [3.05, 3.63) is 46.8 Å². The number of amides is 2. The van der Waals surface area contributed by atoms with Gasteiger partial charge in [0.25, 0.3) is 15.9 Å². The Morgan fingerprint density at radius 1 is 1.13 bits per heavy atom. The molecule has 3 rings (SSSR count). The van der Waals surface area contributed by atoms with Crippen molar-refractivity contribution in [3.8, 4) is 0 Å². The van der Waals surface area contributed by atoms with Crippen LogP contribution in [0.15, 0.2) is 40.6 Å². The number of ether oxygens (including phenoxy) is 1. The molecular weight excluding hydrogens is 426 g/mol. The van der Waals surface area contributed by atoms with E-state index in [9.17, 15) is 18.0 Å². The third-order valence-corrected chi connectivity index (χ3v) is 8.11. The van der Waals surface area contributed by atoms with Gasteiger partial charge >= 0.3 is 0 Å². The lowest BCUT2D eigenvalue weighted by Crippen LogP contribution is -2.40. The maximum absolute atomic E-state index is 12.8. The highest BCUT2D eigenvalue weighted by Crippen LogP contribution is 2.25. The fourth-order valence-corrected chi connectivity index (χ4v) is 5.57. The summed E-state index contributed by atoms with van der Waals surface area (Å²) in [5, 5.41) is 2.70. The van der Waals surface area contributed by atoms with Crippen LogP contribution >= 0.6 is 11.3 Å². The molecule has 0 saturated carbocycles. The number of carbonyl (C=O) groups is 2. The Morgan fingerprint density at radius 3 is 2.43 bits per heavy atom. The van der Waals surface area contributed by atoms with Gasteiger partial charge in [0.15, 0.2) is 0 Å². The Hall–Kier alpha value is -2.27. The fourth-order valence-electron chi connectivity index (χ4n) is 2.96. The van der Waals surface area contributed by atoms with Crippen LogP contribution in [-0.4, -0.2) is 69.3 Å². The van der Waals surface area contributed by atoms with E-state index < -0.39 is 15.9 Å². The SMILES string of the molecule is CCc1ccc(NC(=O)CN(C)S(=O)(=O)c2ccc(C(=O)N3CCOCC3)s2)cc1. The number of aryl methyl sites for hydroxylation is 1. The highest BCUT2D eigenvalue weighted by atomic mass is 32.2. The second-order valence-corrected chi connectivity index (χ2v) is 10.2. The highest BCUT2D eigenvalue weighted by Gasteiger charge is 2.27. The van der Waals surface area contributed by atoms with Crippen molar-refractivity contribution in [1.82, 2.24) is 9.21 Å². The number of morpholine rings is 1. The summed E-state index contributed by atoms with van der Waals surface area (Å²) in [5.41, 5.74) is 1.75. The van der Waals surface area contributed by atoms with Gasteiger partial charge in [-0.1, -0.05) is 19.1 Å². The highest BCUT2D eigenvalue weighted by molar-refractivity contribution is 7.91. The predicted molar refractivity (Wildman–Crippen MR) is 115 cm³/mol. The van der Waals surface area contributed by atoms with E-state index in [1.54, 1.807) is 17.0 Å². The van der Waals surface area contributed by atoms with Crippen molar-refractivity contribution in [2.45, 2.75) is 17.6 Å². The molecular formula is C20H25N3O5S2. The fraction of sp³-hybridized carbons (Fsp3) is 0.400. The largest absolute Gasteiger partial charge is 0.378 e. The molecule has 8 nitrogen and oxygen atoms in total. The number of carbonyl (C=O) groups excluding carboxylic acids is 2. The number of nitrogens with one attached hydrogen (secondary N) is 1. The summed E-state index contributed by atoms with van der Waals surface area (Å²) in [5.74, 6) is -0.646. The molecule has 0 spiro atoms. The number of anilines is 1. The van der Waals surface area contributed by atoms with Crippen LogP contribution in [0.3, 0.4) is 0 Å². The van der Waals surface area contributed by atoms with Crippen LogP contribution in [-0.2, 0) is 26.0 Å². The van der Waals surface area contributed by atoms with Crippen LogP contribution in [0.5, 0.6) is 0 Å². The molecule has 162 valence electrons. The van der Waals surface area contributed by atoms with Gasteiger partial charge < -0.3 is 15.0 Å². The summed E-state index contributed by atoms with van der Waals surface area (Å²) in [6.45, 7) is 3.62. The molecule has 2 amide bonds. The monoisotopic (exact) mass is 451 g/mol. The second kappa shape index (κ2) is 9.69. The van der Waals surface area contributed by atoms with E-state index in [0.717, 1.165) is 27.6 Å². The van der Waals surface area contributed by atoms with E-state index in [2.05, 4.69) is 5.32 Å². The first-order chi connectivity index (χ1) is 14.3. The average Bonchev–Trinajstić information content (AvgIpc) is 3.25. The summed E-state index contributed by atoms with van der Waals surface area (Å²) in [6.07, 6.45) is 0.895. The molecule has 2 heterocycles. The van der Waals surface area contributed by atoms with Gasteiger partial charge in [-0.15, -0.1) is 11.3 Å². The Balaban J connectivity index is 1.63. The summed E-state index contributed by atoms with van der Waals surface area (Å²) in [4.78, 5) is 26.8. The molecule has 10 heteroatoms. The van der Waals surface area contributed by atoms with Gasteiger partial charge in [-0.2, -0.15) is 4.31 Å². The van der Waals surface area contributed by atoms with Crippen molar-refractivity contribution in [2.24, 2.45) is 0 Å². The summed E-state index contributed by atoms with van der Waals surface area (Å²) < 4.78 is 31.9. The topological polar surface area (TPSA) is 96.0 Å². The van der Waals surface area contributed by atoms with E-state index in [4.69, 9.17) is 4.74 Å². The van der Waals surface area contributed by atoms with E-state index in [0.29, 0.717) is 36.9 Å². The molecule has 1 aliphatic heterocycles. The van der Waals surface area contributed by atoms with Gasteiger partial charge in [-0.25, -0.2) is 8.42 Å². The summed E-state index contributed by atoms with van der Waals surface area (Å²) in [6, 6.07) is 10.3. The Kier molecular flexibility index (Phi) is 7.24. The van der Waals surface area contributed by atoms with Crippen LogP contribution < -0.4 is 5.32 Å². The van der Waals surface area contributed by atoms with Gasteiger partial charge in [-0.05, 0) is 36.2 Å². The first-order valence-electron chi connectivity index (χ1n) is 9.63. The lowest BCUT2D eigenvalue weighted by atomic mass is 10.1. The molecule has 1 N–H and O–H groups in total. The molecule has 1 aromatic carbocycles. The van der Waals surface area contributed by atoms with Crippen molar-refractivity contribution in [2.75, 3.05) is 45.2 Å². The molecule has 0 aliphatic carbocycles. The van der Waals surface area contributed by atoms with Crippen LogP contribution in [0.25, 0.3) is 0 Å². The Morgan fingerprint density at radius 2 is 1.80 bits per heavy atom. The van der Waals surface area contributed by atoms with Crippen LogP contribution in [0.2, 0.25) is 0 Å². The van der Waals surface area contributed by atoms with Crippen molar-refractivity contribution in [1.29, 1.82) is 0 Å². The van der Waals surface area contributed by atoms with E-state index in [-0.39, 0.29) is 16.7 Å². The standard InChI is InChI=1S/C20H25N3O5S2/c1-3-15-4-6-16(7-5-15)21-18(24)14-22(2)30(26,27)19-9-8-17(29-19)20(25)23-10-12-28-13-11-23/h4-9H,3,10-14H2,1-2H3,(H,21,24). The molecule has 30 heavy (non-hydrogen) atoms. The van der Waals surface area contributed by atoms with E-state index in [1.807, 2.05) is 19.1 Å². The molecule has 1 saturated heterocycles. The smallest absolute Gasteiger partial charge is 0.264 e. The maximum Gasteiger partial charge on any atom is 0.264 e. The molecule has 0 atom stereocenters. The predicted octanol–water partition coefficient (Wildman–Crippen LogP) is 2.04. The second-order valence-electron chi connectivity index (χ2n) is 6.88. The zero-order chi connectivity index (χ0) is 21.7. The molecule has 0 radical (unpaired) electrons. The van der Waals surface area contributed by atoms with Gasteiger partial charge in [0.2, 0.25) is 5.91 Å². The van der Waals surface area contributed by atoms with Crippen molar-refractivity contribution >= 4 is 38.9 Å². The van der Waals surface area contributed by atoms with Crippen LogP contribution in [0.1, 0.15) is 22.2 Å². The Labute approximate surface area is 180 Å². The molecule has 1 aliphatic rings. The average molecular weight is 452 g/mol. The van der Waals surface area contributed by atoms with E-state index in [1.165, 1.54) is 19.2 Å². The molecule has 0 bridgehead atoms. The van der Waals surface area contributed by atoms with E-state index >= 15 is 0 Å². The summed E-state index contributed by atoms with van der Waals surface area (Å²) >= 11 is 0.912. The van der Waals surface area contributed by atoms with Crippen LogP contribution in [0, 0.1) is 0 Å². The maximum atomic E-state index is 12.8. The molecule has 0 unspecified atom stereocenters. The number of rotatable bonds is 7. The first-order valence-corrected chi connectivity index (χ1v) is 11.9. The molecule has 1 fully saturated rings. The van der Waals surface area contributed by atoms with Gasteiger partial charge in [0.05, 0.1) is 24.6 Å². The molecule has 2 aromatic rings. The van der Waals surface area contributed by atoms with Crippen LogP contribution in [0.4, 0.5) is 5.69 Å². The van der Waals surface area contributed by atoms with Crippen molar-refractivity contribution < 1.29 is 22.7 Å². The number of sulfonamides is 1. The number of hydrogen-bond donors (Lipinski definition) is 1. The number of thiophene rings is 1. The van der Waals surface area contributed by atoms with Gasteiger partial charge in [0, 0.05) is 25.8 Å². The lowest BCUT2D eigenvalue weighted by Gasteiger charge is -2.26. The summed E-state index contributed by atoms with van der Waals surface area (Å²) in [7, 11) is -2.54. The zero-order valence-electron chi connectivity index (χ0n) is 17.0. The Bertz CT molecular complexity index is 996. The third kappa shape index (κ3) is 5.25. The minimum absolute atomic E-state index is 0.0294. The number of hydrogen-bond acceptors (Lipinski definition) is 6. The third-order valence-electron chi connectivity index (χ3n) is 4.77. The molecule has 1 aromatic heterocycles. The van der Waals surface area contributed by atoms with Crippen molar-refractivity contribution in [3.63, 3.8) is 0 Å².